The molecule has 0 aromatic rings. The van der Waals surface area contributed by atoms with Gasteiger partial charge in [-0.15, -0.1) is 0 Å². The molecule has 0 radical (unpaired) electrons. The van der Waals surface area contributed by atoms with E-state index in [2.05, 4.69) is 5.32 Å². The Morgan fingerprint density at radius 3 is 2.31 bits per heavy atom. The zero-order chi connectivity index (χ0) is 12.3. The average Bonchev–Trinajstić information content (AvgIpc) is 2.19. The molecule has 0 aromatic carbocycles. The van der Waals surface area contributed by atoms with Gasteiger partial charge in [-0.25, -0.2) is 0 Å². The predicted octanol–water partition coefficient (Wildman–Crippen LogP) is 1.97. The second kappa shape index (κ2) is 9.86. The highest BCUT2D eigenvalue weighted by molar-refractivity contribution is 4.54. The molecular weight excluding hydrogens is 223 g/mol. The normalized spacial score (nSPS) is 12.0. The van der Waals surface area contributed by atoms with Crippen LogP contribution in [-0.4, -0.2) is 46.2 Å². The van der Waals surface area contributed by atoms with Crippen molar-refractivity contribution in [1.82, 2.24) is 5.32 Å². The zero-order valence-corrected chi connectivity index (χ0v) is 9.61. The van der Waals surface area contributed by atoms with Crippen molar-refractivity contribution in [3.63, 3.8) is 0 Å². The van der Waals surface area contributed by atoms with E-state index in [1.165, 1.54) is 0 Å². The van der Waals surface area contributed by atoms with E-state index in [1.54, 1.807) is 7.11 Å². The van der Waals surface area contributed by atoms with Gasteiger partial charge in [0.25, 0.3) is 0 Å². The Balaban J connectivity index is 2.99. The van der Waals surface area contributed by atoms with Gasteiger partial charge in [0.15, 0.2) is 0 Å². The quantitative estimate of drug-likeness (QED) is 0.595. The molecule has 0 bridgehead atoms. The van der Waals surface area contributed by atoms with Crippen molar-refractivity contribution in [3.8, 4) is 0 Å². The van der Waals surface area contributed by atoms with E-state index in [-0.39, 0.29) is 6.42 Å². The van der Waals surface area contributed by atoms with E-state index in [1.807, 2.05) is 0 Å². The van der Waals surface area contributed by atoms with Gasteiger partial charge in [-0.1, -0.05) is 0 Å². The van der Waals surface area contributed by atoms with Gasteiger partial charge < -0.3 is 14.8 Å². The summed E-state index contributed by atoms with van der Waals surface area (Å²) >= 11 is 0. The third-order valence-electron chi connectivity index (χ3n) is 1.89. The molecule has 98 valence electrons. The third-order valence-corrected chi connectivity index (χ3v) is 1.89. The minimum Gasteiger partial charge on any atom is -0.382 e. The van der Waals surface area contributed by atoms with E-state index in [0.717, 1.165) is 6.42 Å². The molecule has 0 saturated carbocycles. The van der Waals surface area contributed by atoms with Crippen LogP contribution in [0.3, 0.4) is 0 Å². The number of nitrogens with one attached hydrogen (secondary N) is 1. The maximum atomic E-state index is 11.7. The molecule has 0 atom stereocenters. The predicted molar refractivity (Wildman–Crippen MR) is 55.5 cm³/mol. The largest absolute Gasteiger partial charge is 0.389 e. The third kappa shape index (κ3) is 13.7. The molecule has 3 nitrogen and oxygen atoms in total. The van der Waals surface area contributed by atoms with Crippen molar-refractivity contribution in [3.05, 3.63) is 0 Å². The Hall–Kier alpha value is -0.330. The number of rotatable bonds is 10. The van der Waals surface area contributed by atoms with Gasteiger partial charge in [0.2, 0.25) is 0 Å². The summed E-state index contributed by atoms with van der Waals surface area (Å²) in [6, 6.07) is 0. The van der Waals surface area contributed by atoms with Gasteiger partial charge in [-0.2, -0.15) is 13.2 Å². The highest BCUT2D eigenvalue weighted by Gasteiger charge is 2.25. The summed E-state index contributed by atoms with van der Waals surface area (Å²) < 4.78 is 45.2. The lowest BCUT2D eigenvalue weighted by Gasteiger charge is -2.07. The van der Waals surface area contributed by atoms with Crippen molar-refractivity contribution in [1.29, 1.82) is 0 Å². The summed E-state index contributed by atoms with van der Waals surface area (Å²) in [4.78, 5) is 0. The number of halogens is 3. The number of methoxy groups -OCH3 is 1. The molecule has 0 aliphatic heterocycles. The topological polar surface area (TPSA) is 30.5 Å². The number of hydrogen-bond donors (Lipinski definition) is 1. The van der Waals surface area contributed by atoms with E-state index < -0.39 is 12.6 Å². The van der Waals surface area contributed by atoms with Crippen LogP contribution in [0.2, 0.25) is 0 Å². The summed E-state index contributed by atoms with van der Waals surface area (Å²) in [6.07, 6.45) is -3.82. The van der Waals surface area contributed by atoms with Crippen LogP contribution in [0.1, 0.15) is 19.3 Å². The van der Waals surface area contributed by atoms with E-state index in [9.17, 15) is 13.2 Å². The van der Waals surface area contributed by atoms with Gasteiger partial charge in [-0.3, -0.25) is 0 Å². The van der Waals surface area contributed by atoms with E-state index >= 15 is 0 Å². The second-order valence-corrected chi connectivity index (χ2v) is 3.43. The molecule has 6 heteroatoms. The molecule has 0 unspecified atom stereocenters. The fourth-order valence-electron chi connectivity index (χ4n) is 1.08. The maximum absolute atomic E-state index is 11.7. The van der Waals surface area contributed by atoms with Crippen LogP contribution in [0, 0.1) is 0 Å². The summed E-state index contributed by atoms with van der Waals surface area (Å²) in [5, 5.41) is 2.94. The van der Waals surface area contributed by atoms with Crippen molar-refractivity contribution >= 4 is 0 Å². The summed E-state index contributed by atoms with van der Waals surface area (Å²) in [6.45, 7) is 2.82. The first-order valence-electron chi connectivity index (χ1n) is 5.40. The minimum absolute atomic E-state index is 0.133. The Morgan fingerprint density at radius 2 is 1.69 bits per heavy atom. The zero-order valence-electron chi connectivity index (χ0n) is 9.61. The number of hydrogen-bond acceptors (Lipinski definition) is 3. The summed E-state index contributed by atoms with van der Waals surface area (Å²) in [5.74, 6) is 0. The lowest BCUT2D eigenvalue weighted by molar-refractivity contribution is -0.135. The van der Waals surface area contributed by atoms with Crippen LogP contribution in [0.25, 0.3) is 0 Å². The first-order chi connectivity index (χ1) is 7.56. The van der Waals surface area contributed by atoms with Gasteiger partial charge in [0.05, 0.1) is 13.2 Å². The molecule has 0 rings (SSSR count). The van der Waals surface area contributed by atoms with Gasteiger partial charge in [-0.05, 0) is 25.9 Å². The molecule has 0 spiro atoms. The highest BCUT2D eigenvalue weighted by Crippen LogP contribution is 2.20. The molecule has 0 saturated heterocycles. The Bertz CT molecular complexity index is 153. The summed E-state index contributed by atoms with van der Waals surface area (Å²) in [7, 11) is 1.60. The maximum Gasteiger partial charge on any atom is 0.389 e. The van der Waals surface area contributed by atoms with E-state index in [0.29, 0.717) is 32.9 Å². The lowest BCUT2D eigenvalue weighted by atomic mass is 10.3. The molecule has 0 aliphatic carbocycles. The SMILES string of the molecule is COCCOCCCNCCCC(F)(F)F. The summed E-state index contributed by atoms with van der Waals surface area (Å²) in [5.41, 5.74) is 0. The second-order valence-electron chi connectivity index (χ2n) is 3.43. The lowest BCUT2D eigenvalue weighted by Crippen LogP contribution is -2.20. The van der Waals surface area contributed by atoms with Gasteiger partial charge >= 0.3 is 6.18 Å². The van der Waals surface area contributed by atoms with Crippen molar-refractivity contribution in [2.75, 3.05) is 40.0 Å². The molecule has 16 heavy (non-hydrogen) atoms. The van der Waals surface area contributed by atoms with Crippen LogP contribution in [0.15, 0.2) is 0 Å². The standard InChI is InChI=1S/C10H20F3NO2/c1-15-8-9-16-7-3-6-14-5-2-4-10(11,12)13/h14H,2-9H2,1H3. The van der Waals surface area contributed by atoms with Crippen LogP contribution < -0.4 is 5.32 Å². The van der Waals surface area contributed by atoms with Crippen molar-refractivity contribution in [2.45, 2.75) is 25.4 Å². The Labute approximate surface area is 94.3 Å². The highest BCUT2D eigenvalue weighted by atomic mass is 19.4. The van der Waals surface area contributed by atoms with Gasteiger partial charge in [0.1, 0.15) is 0 Å². The van der Waals surface area contributed by atoms with Crippen molar-refractivity contribution in [2.24, 2.45) is 0 Å². The fraction of sp³-hybridized carbons (Fsp3) is 1.00. The smallest absolute Gasteiger partial charge is 0.382 e. The molecule has 0 fully saturated rings. The Kier molecular flexibility index (Phi) is 9.66. The first-order valence-corrected chi connectivity index (χ1v) is 5.40. The first kappa shape index (κ1) is 15.7. The molecule has 0 amide bonds. The molecule has 0 heterocycles. The van der Waals surface area contributed by atoms with Crippen molar-refractivity contribution < 1.29 is 22.6 Å². The van der Waals surface area contributed by atoms with E-state index in [4.69, 9.17) is 9.47 Å². The number of ether oxygens (including phenoxy) is 2. The Morgan fingerprint density at radius 1 is 1.00 bits per heavy atom. The molecular formula is C10H20F3NO2. The number of alkyl halides is 3. The van der Waals surface area contributed by atoms with Crippen LogP contribution in [0.5, 0.6) is 0 Å². The minimum atomic E-state index is -4.04. The molecule has 0 aliphatic rings. The van der Waals surface area contributed by atoms with Crippen LogP contribution in [0.4, 0.5) is 13.2 Å². The monoisotopic (exact) mass is 243 g/mol. The van der Waals surface area contributed by atoms with Gasteiger partial charge in [0, 0.05) is 20.1 Å². The average molecular weight is 243 g/mol. The molecule has 0 aromatic heterocycles. The van der Waals surface area contributed by atoms with Crippen LogP contribution >= 0.6 is 0 Å². The fourth-order valence-corrected chi connectivity index (χ4v) is 1.08. The molecule has 1 N–H and O–H groups in total. The van der Waals surface area contributed by atoms with Crippen LogP contribution in [-0.2, 0) is 9.47 Å².